The Hall–Kier alpha value is -2.11. The second-order valence-electron chi connectivity index (χ2n) is 6.22. The van der Waals surface area contributed by atoms with Gasteiger partial charge in [-0.3, -0.25) is 9.59 Å². The standard InChI is InChI=1S/C18H25FN3O2/c19-14-7-8-16(15(12-14)18(20)24)21-10-11-22-17(23)9-6-13-4-2-1-3-5-13/h7-9,12-13,21H,1-6,10-11H2,(H2,20,24)(H,22,23). The van der Waals surface area contributed by atoms with E-state index in [9.17, 15) is 14.0 Å². The van der Waals surface area contributed by atoms with Crippen molar-refractivity contribution in [1.82, 2.24) is 5.32 Å². The van der Waals surface area contributed by atoms with Crippen molar-refractivity contribution in [1.29, 1.82) is 0 Å². The number of halogens is 1. The van der Waals surface area contributed by atoms with E-state index in [1.165, 1.54) is 44.2 Å². The minimum atomic E-state index is -0.693. The van der Waals surface area contributed by atoms with Crippen LogP contribution in [-0.2, 0) is 4.79 Å². The zero-order valence-corrected chi connectivity index (χ0v) is 13.8. The molecule has 0 spiro atoms. The van der Waals surface area contributed by atoms with Crippen LogP contribution in [0.5, 0.6) is 0 Å². The Morgan fingerprint density at radius 3 is 2.67 bits per heavy atom. The molecular weight excluding hydrogens is 309 g/mol. The molecule has 0 heterocycles. The van der Waals surface area contributed by atoms with Crippen LogP contribution in [-0.4, -0.2) is 24.9 Å². The number of nitrogens with one attached hydrogen (secondary N) is 2. The van der Waals surface area contributed by atoms with Crippen LogP contribution in [0.1, 0.15) is 48.9 Å². The van der Waals surface area contributed by atoms with E-state index in [-0.39, 0.29) is 11.5 Å². The first kappa shape index (κ1) is 18.2. The van der Waals surface area contributed by atoms with E-state index in [1.807, 2.05) is 0 Å². The average Bonchev–Trinajstić information content (AvgIpc) is 2.58. The topological polar surface area (TPSA) is 84.2 Å². The van der Waals surface area contributed by atoms with Gasteiger partial charge in [-0.25, -0.2) is 4.39 Å². The van der Waals surface area contributed by atoms with Crippen molar-refractivity contribution in [2.24, 2.45) is 11.7 Å². The van der Waals surface area contributed by atoms with Gasteiger partial charge in [0.1, 0.15) is 5.82 Å². The van der Waals surface area contributed by atoms with E-state index in [0.717, 1.165) is 12.5 Å². The lowest BCUT2D eigenvalue weighted by molar-refractivity contribution is -0.118. The van der Waals surface area contributed by atoms with Crippen molar-refractivity contribution in [3.63, 3.8) is 0 Å². The molecule has 0 aromatic heterocycles. The molecule has 1 saturated carbocycles. The maximum atomic E-state index is 13.1. The van der Waals surface area contributed by atoms with Gasteiger partial charge < -0.3 is 16.4 Å². The first-order valence-electron chi connectivity index (χ1n) is 8.50. The Bertz CT molecular complexity index is 571. The summed E-state index contributed by atoms with van der Waals surface area (Å²) < 4.78 is 13.1. The lowest BCUT2D eigenvalue weighted by Gasteiger charge is -2.20. The Balaban J connectivity index is 1.67. The van der Waals surface area contributed by atoms with E-state index in [2.05, 4.69) is 10.6 Å². The summed E-state index contributed by atoms with van der Waals surface area (Å²) in [6.45, 7) is 0.838. The SMILES string of the molecule is NC(=O)c1cc(F)ccc1NCCNC(=O)[CH]CC1CCCCC1. The van der Waals surface area contributed by atoms with Crippen LogP contribution in [0.25, 0.3) is 0 Å². The lowest BCUT2D eigenvalue weighted by Crippen LogP contribution is -2.29. The van der Waals surface area contributed by atoms with Crippen LogP contribution in [0.2, 0.25) is 0 Å². The smallest absolute Gasteiger partial charge is 0.250 e. The molecule has 0 bridgehead atoms. The van der Waals surface area contributed by atoms with Crippen molar-refractivity contribution in [2.45, 2.75) is 38.5 Å². The third-order valence-electron chi connectivity index (χ3n) is 4.35. The van der Waals surface area contributed by atoms with Gasteiger partial charge in [-0.05, 0) is 30.5 Å². The minimum absolute atomic E-state index is 0.0726. The predicted molar refractivity (Wildman–Crippen MR) is 91.9 cm³/mol. The molecule has 1 aromatic rings. The number of hydrogen-bond donors (Lipinski definition) is 3. The molecule has 1 aliphatic carbocycles. The van der Waals surface area contributed by atoms with Crippen LogP contribution in [0.3, 0.4) is 0 Å². The molecule has 5 nitrogen and oxygen atoms in total. The molecule has 131 valence electrons. The molecule has 2 amide bonds. The fourth-order valence-corrected chi connectivity index (χ4v) is 3.03. The Kier molecular flexibility index (Phi) is 7.03. The maximum Gasteiger partial charge on any atom is 0.250 e. The quantitative estimate of drug-likeness (QED) is 0.639. The molecule has 1 radical (unpaired) electrons. The Morgan fingerprint density at radius 2 is 1.96 bits per heavy atom. The first-order valence-corrected chi connectivity index (χ1v) is 8.50. The van der Waals surface area contributed by atoms with Crippen molar-refractivity contribution in [2.75, 3.05) is 18.4 Å². The zero-order chi connectivity index (χ0) is 17.4. The molecule has 24 heavy (non-hydrogen) atoms. The zero-order valence-electron chi connectivity index (χ0n) is 13.8. The molecule has 0 atom stereocenters. The van der Waals surface area contributed by atoms with Gasteiger partial charge in [0, 0.05) is 25.2 Å². The molecule has 4 N–H and O–H groups in total. The van der Waals surface area contributed by atoms with E-state index in [1.54, 1.807) is 6.42 Å². The summed E-state index contributed by atoms with van der Waals surface area (Å²) in [6.07, 6.45) is 8.84. The molecule has 0 unspecified atom stereocenters. The van der Waals surface area contributed by atoms with Crippen molar-refractivity contribution >= 4 is 17.5 Å². The molecule has 1 aliphatic rings. The van der Waals surface area contributed by atoms with Crippen LogP contribution >= 0.6 is 0 Å². The van der Waals surface area contributed by atoms with Gasteiger partial charge in [0.25, 0.3) is 5.91 Å². The molecule has 1 fully saturated rings. The summed E-state index contributed by atoms with van der Waals surface area (Å²) in [4.78, 5) is 23.1. The maximum absolute atomic E-state index is 13.1. The van der Waals surface area contributed by atoms with Gasteiger partial charge in [-0.2, -0.15) is 0 Å². The van der Waals surface area contributed by atoms with Gasteiger partial charge in [-0.1, -0.05) is 32.1 Å². The van der Waals surface area contributed by atoms with Gasteiger partial charge in [-0.15, -0.1) is 0 Å². The second kappa shape index (κ2) is 9.25. The number of amides is 2. The van der Waals surface area contributed by atoms with E-state index in [4.69, 9.17) is 5.73 Å². The summed E-state index contributed by atoms with van der Waals surface area (Å²) in [6, 6.07) is 3.82. The van der Waals surface area contributed by atoms with Crippen LogP contribution < -0.4 is 16.4 Å². The minimum Gasteiger partial charge on any atom is -0.383 e. The van der Waals surface area contributed by atoms with Crippen molar-refractivity contribution < 1.29 is 14.0 Å². The van der Waals surface area contributed by atoms with E-state index in [0.29, 0.717) is 24.7 Å². The fourth-order valence-electron chi connectivity index (χ4n) is 3.03. The largest absolute Gasteiger partial charge is 0.383 e. The average molecular weight is 334 g/mol. The summed E-state index contributed by atoms with van der Waals surface area (Å²) in [7, 11) is 0. The van der Waals surface area contributed by atoms with Crippen LogP contribution in [0.4, 0.5) is 10.1 Å². The van der Waals surface area contributed by atoms with Gasteiger partial charge in [0.05, 0.1) is 5.56 Å². The van der Waals surface area contributed by atoms with Gasteiger partial charge >= 0.3 is 0 Å². The predicted octanol–water partition coefficient (Wildman–Crippen LogP) is 2.63. The summed E-state index contributed by atoms with van der Waals surface area (Å²) in [5, 5.41) is 5.79. The number of carbonyl (C=O) groups is 2. The van der Waals surface area contributed by atoms with Crippen LogP contribution in [0.15, 0.2) is 18.2 Å². The third kappa shape index (κ3) is 5.83. The van der Waals surface area contributed by atoms with Crippen molar-refractivity contribution in [3.8, 4) is 0 Å². The van der Waals surface area contributed by atoms with E-state index >= 15 is 0 Å². The normalized spacial score (nSPS) is 15.0. The summed E-state index contributed by atoms with van der Waals surface area (Å²) >= 11 is 0. The molecule has 2 rings (SSSR count). The summed E-state index contributed by atoms with van der Waals surface area (Å²) in [5.74, 6) is -0.640. The van der Waals surface area contributed by atoms with E-state index < -0.39 is 11.7 Å². The highest BCUT2D eigenvalue weighted by Crippen LogP contribution is 2.26. The molecule has 6 heteroatoms. The number of rotatable bonds is 8. The molecular formula is C18H25FN3O2. The third-order valence-corrected chi connectivity index (χ3v) is 4.35. The van der Waals surface area contributed by atoms with Gasteiger partial charge in [0.15, 0.2) is 0 Å². The number of nitrogens with two attached hydrogens (primary N) is 1. The Labute approximate surface area is 142 Å². The fraction of sp³-hybridized carbons (Fsp3) is 0.500. The molecule has 0 saturated heterocycles. The first-order chi connectivity index (χ1) is 11.6. The number of benzene rings is 1. The highest BCUT2D eigenvalue weighted by atomic mass is 19.1. The lowest BCUT2D eigenvalue weighted by atomic mass is 9.86. The highest BCUT2D eigenvalue weighted by molar-refractivity contribution is 5.98. The van der Waals surface area contributed by atoms with Crippen molar-refractivity contribution in [3.05, 3.63) is 36.0 Å². The second-order valence-corrected chi connectivity index (χ2v) is 6.22. The highest BCUT2D eigenvalue weighted by Gasteiger charge is 2.15. The number of hydrogen-bond acceptors (Lipinski definition) is 3. The van der Waals surface area contributed by atoms with Crippen LogP contribution in [0, 0.1) is 18.2 Å². The summed E-state index contributed by atoms with van der Waals surface area (Å²) in [5.41, 5.74) is 5.79. The van der Waals surface area contributed by atoms with Gasteiger partial charge in [0.2, 0.25) is 5.91 Å². The number of anilines is 1. The monoisotopic (exact) mass is 334 g/mol. The number of primary amides is 1. The Morgan fingerprint density at radius 1 is 1.21 bits per heavy atom. The number of carbonyl (C=O) groups excluding carboxylic acids is 2. The molecule has 0 aliphatic heterocycles. The molecule has 1 aromatic carbocycles.